The summed E-state index contributed by atoms with van der Waals surface area (Å²) in [7, 11) is 0. The molecule has 138 valence electrons. The van der Waals surface area contributed by atoms with E-state index >= 15 is 0 Å². The van der Waals surface area contributed by atoms with Gasteiger partial charge in [0.05, 0.1) is 0 Å². The number of carbonyl (C=O) groups is 2. The molecule has 0 saturated carbocycles. The molecule has 26 heavy (non-hydrogen) atoms. The first-order valence-electron chi connectivity index (χ1n) is 8.93. The lowest BCUT2D eigenvalue weighted by molar-refractivity contribution is 0.0755. The molecular weight excluding hydrogens is 348 g/mol. The molecule has 2 rings (SSSR count). The van der Waals surface area contributed by atoms with Gasteiger partial charge in [-0.25, -0.2) is 0 Å². The van der Waals surface area contributed by atoms with Crippen molar-refractivity contribution in [1.82, 2.24) is 4.90 Å². The number of nitrogens with zero attached hydrogens (tertiary/aromatic N) is 1. The second kappa shape index (κ2) is 9.39. The van der Waals surface area contributed by atoms with Crippen molar-refractivity contribution in [1.29, 1.82) is 0 Å². The van der Waals surface area contributed by atoms with E-state index in [1.807, 2.05) is 17.9 Å². The van der Waals surface area contributed by atoms with Crippen molar-refractivity contribution in [2.75, 3.05) is 18.4 Å². The molecule has 0 atom stereocenters. The minimum Gasteiger partial charge on any atom is -0.339 e. The van der Waals surface area contributed by atoms with E-state index in [1.165, 1.54) is 0 Å². The first-order chi connectivity index (χ1) is 12.5. The fraction of sp³-hybridized carbons (Fsp3) is 0.333. The third kappa shape index (κ3) is 4.85. The highest BCUT2D eigenvalue weighted by Gasteiger charge is 2.15. The van der Waals surface area contributed by atoms with E-state index < -0.39 is 0 Å². The summed E-state index contributed by atoms with van der Waals surface area (Å²) in [6, 6.07) is 12.2. The summed E-state index contributed by atoms with van der Waals surface area (Å²) < 4.78 is 0. The molecule has 2 amide bonds. The minimum atomic E-state index is -0.228. The third-order valence-electron chi connectivity index (χ3n) is 4.18. The maximum absolute atomic E-state index is 12.6. The predicted octanol–water partition coefficient (Wildman–Crippen LogP) is 5.16. The van der Waals surface area contributed by atoms with Gasteiger partial charge in [-0.15, -0.1) is 0 Å². The van der Waals surface area contributed by atoms with Crippen LogP contribution in [0.2, 0.25) is 5.02 Å². The van der Waals surface area contributed by atoms with Gasteiger partial charge >= 0.3 is 0 Å². The van der Waals surface area contributed by atoms with Gasteiger partial charge in [0.25, 0.3) is 11.8 Å². The number of hydrogen-bond donors (Lipinski definition) is 1. The van der Waals surface area contributed by atoms with Crippen LogP contribution in [-0.2, 0) is 0 Å². The molecule has 0 aromatic heterocycles. The van der Waals surface area contributed by atoms with Crippen molar-refractivity contribution >= 4 is 29.1 Å². The summed E-state index contributed by atoms with van der Waals surface area (Å²) in [5.41, 5.74) is 2.60. The van der Waals surface area contributed by atoms with Gasteiger partial charge in [-0.2, -0.15) is 0 Å². The van der Waals surface area contributed by atoms with Crippen molar-refractivity contribution in [3.63, 3.8) is 0 Å². The Balaban J connectivity index is 2.12. The molecule has 0 heterocycles. The molecular formula is C21H25ClN2O2. The summed E-state index contributed by atoms with van der Waals surface area (Å²) in [5.74, 6) is -0.223. The third-order valence-corrected chi connectivity index (χ3v) is 4.59. The van der Waals surface area contributed by atoms with Crippen LogP contribution in [0.15, 0.2) is 42.5 Å². The molecule has 0 bridgehead atoms. The van der Waals surface area contributed by atoms with Crippen LogP contribution in [0.3, 0.4) is 0 Å². The van der Waals surface area contributed by atoms with Crippen molar-refractivity contribution < 1.29 is 9.59 Å². The molecule has 0 fully saturated rings. The smallest absolute Gasteiger partial charge is 0.255 e. The first-order valence-corrected chi connectivity index (χ1v) is 9.31. The van der Waals surface area contributed by atoms with Crippen LogP contribution in [-0.4, -0.2) is 29.8 Å². The monoisotopic (exact) mass is 372 g/mol. The quantitative estimate of drug-likeness (QED) is 0.729. The van der Waals surface area contributed by atoms with Crippen molar-refractivity contribution in [3.05, 3.63) is 64.2 Å². The Kier molecular flexibility index (Phi) is 7.22. The molecule has 5 heteroatoms. The van der Waals surface area contributed by atoms with Gasteiger partial charge < -0.3 is 10.2 Å². The Labute approximate surface area is 160 Å². The Bertz CT molecular complexity index is 766. The molecule has 0 radical (unpaired) electrons. The van der Waals surface area contributed by atoms with Gasteiger partial charge in [-0.1, -0.05) is 31.5 Å². The van der Waals surface area contributed by atoms with Gasteiger partial charge in [0.2, 0.25) is 0 Å². The molecule has 4 nitrogen and oxygen atoms in total. The number of nitrogens with one attached hydrogen (secondary N) is 1. The lowest BCUT2D eigenvalue weighted by Gasteiger charge is -2.21. The molecule has 2 aromatic rings. The largest absolute Gasteiger partial charge is 0.339 e. The van der Waals surface area contributed by atoms with Crippen LogP contribution in [0.25, 0.3) is 0 Å². The standard InChI is InChI=1S/C21H25ClN2O2/c1-4-13-24(14-5-2)21(26)17-11-9-16(10-12-17)20(25)23-19-8-6-7-18(22)15(19)3/h6-12H,4-5,13-14H2,1-3H3,(H,23,25). The first kappa shape index (κ1) is 20.0. The Morgan fingerprint density at radius 2 is 1.54 bits per heavy atom. The lowest BCUT2D eigenvalue weighted by atomic mass is 10.1. The number of hydrogen-bond acceptors (Lipinski definition) is 2. The topological polar surface area (TPSA) is 49.4 Å². The summed E-state index contributed by atoms with van der Waals surface area (Å²) >= 11 is 6.09. The highest BCUT2D eigenvalue weighted by atomic mass is 35.5. The van der Waals surface area contributed by atoms with Gasteiger partial charge in [0.15, 0.2) is 0 Å². The zero-order valence-corrected chi connectivity index (χ0v) is 16.3. The Hall–Kier alpha value is -2.33. The molecule has 0 saturated heterocycles. The second-order valence-electron chi connectivity index (χ2n) is 6.24. The highest BCUT2D eigenvalue weighted by molar-refractivity contribution is 6.31. The highest BCUT2D eigenvalue weighted by Crippen LogP contribution is 2.23. The van der Waals surface area contributed by atoms with Crippen molar-refractivity contribution in [3.8, 4) is 0 Å². The van der Waals surface area contributed by atoms with E-state index in [-0.39, 0.29) is 11.8 Å². The summed E-state index contributed by atoms with van der Waals surface area (Å²) in [6.07, 6.45) is 1.84. The molecule has 0 aliphatic carbocycles. The zero-order chi connectivity index (χ0) is 19.1. The van der Waals surface area contributed by atoms with E-state index in [9.17, 15) is 9.59 Å². The van der Waals surface area contributed by atoms with E-state index in [0.717, 1.165) is 31.5 Å². The molecule has 0 spiro atoms. The van der Waals surface area contributed by atoms with Crippen molar-refractivity contribution in [2.24, 2.45) is 0 Å². The average Bonchev–Trinajstić information content (AvgIpc) is 2.65. The normalized spacial score (nSPS) is 10.5. The summed E-state index contributed by atoms with van der Waals surface area (Å²) in [4.78, 5) is 26.9. The number of amides is 2. The van der Waals surface area contributed by atoms with Crippen LogP contribution >= 0.6 is 11.6 Å². The molecule has 1 N–H and O–H groups in total. The van der Waals surface area contributed by atoms with Gasteiger partial charge in [-0.05, 0) is 61.7 Å². The molecule has 0 aliphatic heterocycles. The molecule has 2 aromatic carbocycles. The van der Waals surface area contributed by atoms with Crippen LogP contribution in [0.4, 0.5) is 5.69 Å². The number of carbonyl (C=O) groups excluding carboxylic acids is 2. The summed E-state index contributed by atoms with van der Waals surface area (Å²) in [6.45, 7) is 7.45. The van der Waals surface area contributed by atoms with E-state index in [2.05, 4.69) is 19.2 Å². The fourth-order valence-corrected chi connectivity index (χ4v) is 2.91. The average molecular weight is 373 g/mol. The van der Waals surface area contributed by atoms with Crippen molar-refractivity contribution in [2.45, 2.75) is 33.6 Å². The Morgan fingerprint density at radius 1 is 0.962 bits per heavy atom. The second-order valence-corrected chi connectivity index (χ2v) is 6.64. The minimum absolute atomic E-state index is 0.00587. The van der Waals surface area contributed by atoms with Crippen LogP contribution in [0, 0.1) is 6.92 Å². The molecule has 0 aliphatic rings. The number of anilines is 1. The van der Waals surface area contributed by atoms with E-state index in [4.69, 9.17) is 11.6 Å². The van der Waals surface area contributed by atoms with Gasteiger partial charge in [0, 0.05) is 34.9 Å². The molecule has 0 unspecified atom stereocenters. The summed E-state index contributed by atoms with van der Waals surface area (Å²) in [5, 5.41) is 3.47. The number of halogens is 1. The van der Waals surface area contributed by atoms with Gasteiger partial charge in [0.1, 0.15) is 0 Å². The van der Waals surface area contributed by atoms with E-state index in [0.29, 0.717) is 21.8 Å². The lowest BCUT2D eigenvalue weighted by Crippen LogP contribution is -2.32. The van der Waals surface area contributed by atoms with Crippen LogP contribution in [0.5, 0.6) is 0 Å². The number of benzene rings is 2. The SMILES string of the molecule is CCCN(CCC)C(=O)c1ccc(C(=O)Nc2cccc(Cl)c2C)cc1. The number of rotatable bonds is 7. The fourth-order valence-electron chi connectivity index (χ4n) is 2.74. The predicted molar refractivity (Wildman–Crippen MR) is 107 cm³/mol. The van der Waals surface area contributed by atoms with E-state index in [1.54, 1.807) is 36.4 Å². The zero-order valence-electron chi connectivity index (χ0n) is 15.5. The maximum atomic E-state index is 12.6. The van der Waals surface area contributed by atoms with Crippen LogP contribution in [0.1, 0.15) is 53.0 Å². The van der Waals surface area contributed by atoms with Gasteiger partial charge in [-0.3, -0.25) is 9.59 Å². The van der Waals surface area contributed by atoms with Crippen LogP contribution < -0.4 is 5.32 Å². The maximum Gasteiger partial charge on any atom is 0.255 e. The Morgan fingerprint density at radius 3 is 2.12 bits per heavy atom.